The summed E-state index contributed by atoms with van der Waals surface area (Å²) in [5.74, 6) is 0.489. The van der Waals surface area contributed by atoms with Gasteiger partial charge in [0.1, 0.15) is 10.7 Å². The molecule has 1 N–H and O–H groups in total. The number of rotatable bonds is 4. The van der Waals surface area contributed by atoms with Crippen molar-refractivity contribution < 1.29 is 4.79 Å². The molecule has 1 aliphatic rings. The van der Waals surface area contributed by atoms with E-state index in [0.29, 0.717) is 23.3 Å². The van der Waals surface area contributed by atoms with Gasteiger partial charge in [0.2, 0.25) is 0 Å². The first-order valence-corrected chi connectivity index (χ1v) is 10.6. The van der Waals surface area contributed by atoms with E-state index < -0.39 is 0 Å². The Bertz CT molecular complexity index is 1050. The molecule has 28 heavy (non-hydrogen) atoms. The second kappa shape index (κ2) is 7.83. The highest BCUT2D eigenvalue weighted by molar-refractivity contribution is 7.18. The number of aromatic nitrogens is 3. The minimum atomic E-state index is -0.126. The van der Waals surface area contributed by atoms with Crippen LogP contribution in [0.4, 0.5) is 0 Å². The van der Waals surface area contributed by atoms with Crippen LogP contribution in [0.15, 0.2) is 29.3 Å². The molecule has 0 spiro atoms. The van der Waals surface area contributed by atoms with Gasteiger partial charge in [-0.05, 0) is 44.4 Å². The summed E-state index contributed by atoms with van der Waals surface area (Å²) in [5, 5.41) is 0.661. The lowest BCUT2D eigenvalue weighted by Gasteiger charge is -2.34. The maximum atomic E-state index is 13.2. The molecule has 0 bridgehead atoms. The topological polar surface area (TPSA) is 79.0 Å². The van der Waals surface area contributed by atoms with Crippen LogP contribution in [0.3, 0.4) is 0 Å². The van der Waals surface area contributed by atoms with Gasteiger partial charge in [-0.15, -0.1) is 11.3 Å². The van der Waals surface area contributed by atoms with Crippen molar-refractivity contribution in [2.45, 2.75) is 58.5 Å². The summed E-state index contributed by atoms with van der Waals surface area (Å²) >= 11 is 1.53. The largest absolute Gasteiger partial charge is 0.328 e. The Hall–Kier alpha value is -2.54. The van der Waals surface area contributed by atoms with Crippen LogP contribution < -0.4 is 5.56 Å². The van der Waals surface area contributed by atoms with Gasteiger partial charge in [0.25, 0.3) is 11.5 Å². The van der Waals surface area contributed by atoms with E-state index in [4.69, 9.17) is 0 Å². The quantitative estimate of drug-likeness (QED) is 0.724. The van der Waals surface area contributed by atoms with Crippen molar-refractivity contribution in [3.05, 3.63) is 56.7 Å². The normalized spacial score (nSPS) is 15.1. The summed E-state index contributed by atoms with van der Waals surface area (Å²) in [6.45, 7) is 4.26. The van der Waals surface area contributed by atoms with Crippen molar-refractivity contribution in [2.24, 2.45) is 0 Å². The third kappa shape index (κ3) is 3.58. The number of carbonyl (C=O) groups excluding carboxylic acids is 1. The minimum absolute atomic E-state index is 0.0544. The lowest BCUT2D eigenvalue weighted by atomic mass is 9.93. The number of hydrogen-bond acceptors (Lipinski definition) is 5. The van der Waals surface area contributed by atoms with Crippen molar-refractivity contribution in [3.8, 4) is 0 Å². The molecule has 1 aliphatic carbocycles. The molecule has 0 saturated heterocycles. The molecule has 4 rings (SSSR count). The Morgan fingerprint density at radius 2 is 2.07 bits per heavy atom. The lowest BCUT2D eigenvalue weighted by molar-refractivity contribution is 0.0607. The number of nitrogens with one attached hydrogen (secondary N) is 1. The van der Waals surface area contributed by atoms with Gasteiger partial charge in [-0.2, -0.15) is 0 Å². The van der Waals surface area contributed by atoms with E-state index in [2.05, 4.69) is 15.0 Å². The number of aryl methyl sites for hydroxylation is 2. The summed E-state index contributed by atoms with van der Waals surface area (Å²) in [7, 11) is 0. The molecule has 1 saturated carbocycles. The van der Waals surface area contributed by atoms with Crippen molar-refractivity contribution in [1.29, 1.82) is 0 Å². The van der Waals surface area contributed by atoms with E-state index in [1.54, 1.807) is 24.5 Å². The first-order chi connectivity index (χ1) is 13.5. The maximum Gasteiger partial charge on any atom is 0.259 e. The van der Waals surface area contributed by atoms with E-state index in [0.717, 1.165) is 41.0 Å². The fraction of sp³-hybridized carbons (Fsp3) is 0.429. The molecule has 3 aromatic heterocycles. The number of nitrogens with zero attached hydrogens (tertiary/aromatic N) is 3. The molecule has 0 radical (unpaired) electrons. The highest BCUT2D eigenvalue weighted by atomic mass is 32.1. The molecule has 3 heterocycles. The summed E-state index contributed by atoms with van der Waals surface area (Å²) < 4.78 is 0. The van der Waals surface area contributed by atoms with Crippen LogP contribution in [0, 0.1) is 13.8 Å². The fourth-order valence-corrected chi connectivity index (χ4v) is 5.00. The molecule has 0 aromatic carbocycles. The van der Waals surface area contributed by atoms with E-state index in [1.807, 2.05) is 18.7 Å². The monoisotopic (exact) mass is 396 g/mol. The summed E-state index contributed by atoms with van der Waals surface area (Å²) in [6, 6.07) is 3.72. The predicted octanol–water partition coefficient (Wildman–Crippen LogP) is 3.97. The average Bonchev–Trinajstić information content (AvgIpc) is 3.01. The van der Waals surface area contributed by atoms with Gasteiger partial charge in [0, 0.05) is 23.3 Å². The van der Waals surface area contributed by atoms with Crippen LogP contribution in [-0.2, 0) is 6.54 Å². The SMILES string of the molecule is Cc1sc2nc(CN(C(=O)c3cccnc3)C3CCCCC3)[nH]c(=O)c2c1C. The van der Waals surface area contributed by atoms with Crippen molar-refractivity contribution in [1.82, 2.24) is 19.9 Å². The number of hydrogen-bond donors (Lipinski definition) is 1. The number of thiophene rings is 1. The van der Waals surface area contributed by atoms with Crippen LogP contribution in [0.2, 0.25) is 0 Å². The number of pyridine rings is 1. The third-order valence-electron chi connectivity index (χ3n) is 5.59. The second-order valence-electron chi connectivity index (χ2n) is 7.44. The van der Waals surface area contributed by atoms with Gasteiger partial charge in [0.05, 0.1) is 17.5 Å². The molecule has 0 atom stereocenters. The smallest absolute Gasteiger partial charge is 0.259 e. The van der Waals surface area contributed by atoms with Crippen LogP contribution in [-0.4, -0.2) is 31.8 Å². The van der Waals surface area contributed by atoms with Crippen molar-refractivity contribution in [3.63, 3.8) is 0 Å². The predicted molar refractivity (Wildman–Crippen MR) is 111 cm³/mol. The second-order valence-corrected chi connectivity index (χ2v) is 8.65. The molecule has 1 amide bonds. The zero-order chi connectivity index (χ0) is 19.7. The Morgan fingerprint density at radius 3 is 2.79 bits per heavy atom. The fourth-order valence-electron chi connectivity index (χ4n) is 3.95. The summed E-state index contributed by atoms with van der Waals surface area (Å²) in [5.41, 5.74) is 1.43. The van der Waals surface area contributed by atoms with Crippen LogP contribution in [0.1, 0.15) is 58.7 Å². The molecular formula is C21H24N4O2S. The molecular weight excluding hydrogens is 372 g/mol. The highest BCUT2D eigenvalue weighted by Gasteiger charge is 2.27. The summed E-state index contributed by atoms with van der Waals surface area (Å²) in [6.07, 6.45) is 8.67. The molecule has 1 fully saturated rings. The number of H-pyrrole nitrogens is 1. The Balaban J connectivity index is 1.70. The first-order valence-electron chi connectivity index (χ1n) is 9.74. The molecule has 7 heteroatoms. The Morgan fingerprint density at radius 1 is 1.29 bits per heavy atom. The van der Waals surface area contributed by atoms with Crippen molar-refractivity contribution >= 4 is 27.5 Å². The van der Waals surface area contributed by atoms with E-state index >= 15 is 0 Å². The van der Waals surface area contributed by atoms with Gasteiger partial charge < -0.3 is 9.88 Å². The standard InChI is InChI=1S/C21H24N4O2S/c1-13-14(2)28-20-18(13)19(26)23-17(24-20)12-25(16-8-4-3-5-9-16)21(27)15-7-6-10-22-11-15/h6-7,10-11,16H,3-5,8-9,12H2,1-2H3,(H,23,24,26). The summed E-state index contributed by atoms with van der Waals surface area (Å²) in [4.78, 5) is 41.2. The van der Waals surface area contributed by atoms with Gasteiger partial charge in [-0.3, -0.25) is 14.6 Å². The van der Waals surface area contributed by atoms with Gasteiger partial charge in [0.15, 0.2) is 0 Å². The number of fused-ring (bicyclic) bond motifs is 1. The first kappa shape index (κ1) is 18.8. The van der Waals surface area contributed by atoms with Crippen LogP contribution >= 0.6 is 11.3 Å². The van der Waals surface area contributed by atoms with Gasteiger partial charge >= 0.3 is 0 Å². The Labute approximate surface area is 167 Å². The maximum absolute atomic E-state index is 13.2. The van der Waals surface area contributed by atoms with Gasteiger partial charge in [-0.1, -0.05) is 19.3 Å². The highest BCUT2D eigenvalue weighted by Crippen LogP contribution is 2.27. The zero-order valence-corrected chi connectivity index (χ0v) is 17.0. The van der Waals surface area contributed by atoms with Gasteiger partial charge in [-0.25, -0.2) is 4.98 Å². The van der Waals surface area contributed by atoms with E-state index in [-0.39, 0.29) is 17.5 Å². The number of aromatic amines is 1. The molecule has 3 aromatic rings. The molecule has 0 unspecified atom stereocenters. The molecule has 0 aliphatic heterocycles. The van der Waals surface area contributed by atoms with Crippen LogP contribution in [0.25, 0.3) is 10.2 Å². The number of amides is 1. The average molecular weight is 397 g/mol. The van der Waals surface area contributed by atoms with Crippen molar-refractivity contribution in [2.75, 3.05) is 0 Å². The number of carbonyl (C=O) groups is 1. The Kier molecular flexibility index (Phi) is 5.26. The van der Waals surface area contributed by atoms with Crippen LogP contribution in [0.5, 0.6) is 0 Å². The molecule has 146 valence electrons. The minimum Gasteiger partial charge on any atom is -0.328 e. The molecule has 6 nitrogen and oxygen atoms in total. The zero-order valence-electron chi connectivity index (χ0n) is 16.2. The lowest BCUT2D eigenvalue weighted by Crippen LogP contribution is -2.41. The third-order valence-corrected chi connectivity index (χ3v) is 6.69. The van der Waals surface area contributed by atoms with E-state index in [1.165, 1.54) is 17.8 Å². The van der Waals surface area contributed by atoms with E-state index in [9.17, 15) is 9.59 Å².